The summed E-state index contributed by atoms with van der Waals surface area (Å²) in [7, 11) is 0. The molecule has 1 aliphatic carbocycles. The molecule has 0 saturated carbocycles. The molecule has 3 nitrogen and oxygen atoms in total. The fraction of sp³-hybridized carbons (Fsp3) is 0.438. The number of nitrogens with two attached hydrogens (primary N) is 1. The smallest absolute Gasteiger partial charge is 0.230 e. The van der Waals surface area contributed by atoms with E-state index in [1.165, 1.54) is 43.0 Å². The average molecular weight is 325 g/mol. The fourth-order valence-electron chi connectivity index (χ4n) is 2.32. The van der Waals surface area contributed by atoms with Gasteiger partial charge in [0, 0.05) is 17.1 Å². The van der Waals surface area contributed by atoms with Gasteiger partial charge in [-0.15, -0.1) is 11.8 Å². The van der Waals surface area contributed by atoms with Crippen LogP contribution in [-0.2, 0) is 4.79 Å². The van der Waals surface area contributed by atoms with Gasteiger partial charge in [0.25, 0.3) is 0 Å². The van der Waals surface area contributed by atoms with Gasteiger partial charge in [0.1, 0.15) is 0 Å². The summed E-state index contributed by atoms with van der Waals surface area (Å²) >= 11 is 7.51. The first-order valence-electron chi connectivity index (χ1n) is 7.27. The zero-order chi connectivity index (χ0) is 15.1. The van der Waals surface area contributed by atoms with Crippen molar-refractivity contribution >= 4 is 35.0 Å². The molecule has 0 atom stereocenters. The van der Waals surface area contributed by atoms with Crippen LogP contribution in [0.3, 0.4) is 0 Å². The first-order chi connectivity index (χ1) is 10.1. The Kier molecular flexibility index (Phi) is 6.46. The summed E-state index contributed by atoms with van der Waals surface area (Å²) in [5, 5.41) is 3.56. The standard InChI is InChI=1S/C16H21ClN2OS/c17-14-10-13(18)6-7-15(14)21-11-16(20)19-9-8-12-4-2-1-3-5-12/h4,6-7,10H,1-3,5,8-9,11,18H2,(H,19,20). The number of hydrogen-bond donors (Lipinski definition) is 2. The third kappa shape index (κ3) is 5.64. The molecule has 2 rings (SSSR count). The van der Waals surface area contributed by atoms with Gasteiger partial charge in [-0.25, -0.2) is 0 Å². The average Bonchev–Trinajstić information content (AvgIpc) is 2.47. The molecule has 0 radical (unpaired) electrons. The van der Waals surface area contributed by atoms with Gasteiger partial charge in [0.15, 0.2) is 0 Å². The lowest BCUT2D eigenvalue weighted by atomic mass is 9.97. The maximum atomic E-state index is 11.8. The number of benzene rings is 1. The number of anilines is 1. The summed E-state index contributed by atoms with van der Waals surface area (Å²) in [6.07, 6.45) is 8.25. The molecule has 1 aromatic rings. The number of amides is 1. The van der Waals surface area contributed by atoms with Crippen LogP contribution >= 0.6 is 23.4 Å². The first-order valence-corrected chi connectivity index (χ1v) is 8.64. The van der Waals surface area contributed by atoms with Crippen molar-refractivity contribution in [1.82, 2.24) is 5.32 Å². The Hall–Kier alpha value is -1.13. The van der Waals surface area contributed by atoms with Crippen LogP contribution in [0.5, 0.6) is 0 Å². The maximum Gasteiger partial charge on any atom is 0.230 e. The highest BCUT2D eigenvalue weighted by Crippen LogP contribution is 2.28. The molecule has 0 spiro atoms. The van der Waals surface area contributed by atoms with E-state index in [9.17, 15) is 4.79 Å². The number of nitrogens with one attached hydrogen (secondary N) is 1. The molecule has 5 heteroatoms. The van der Waals surface area contributed by atoms with E-state index in [1.807, 2.05) is 6.07 Å². The molecule has 0 heterocycles. The van der Waals surface area contributed by atoms with E-state index in [1.54, 1.807) is 12.1 Å². The highest BCUT2D eigenvalue weighted by molar-refractivity contribution is 8.00. The van der Waals surface area contributed by atoms with Crippen LogP contribution in [0.2, 0.25) is 5.02 Å². The minimum absolute atomic E-state index is 0.0456. The molecular weight excluding hydrogens is 304 g/mol. The SMILES string of the molecule is Nc1ccc(SCC(=O)NCCC2=CCCCC2)c(Cl)c1. The number of allylic oxidation sites excluding steroid dienone is 1. The minimum Gasteiger partial charge on any atom is -0.399 e. The summed E-state index contributed by atoms with van der Waals surface area (Å²) in [6, 6.07) is 5.35. The van der Waals surface area contributed by atoms with Gasteiger partial charge in [0.05, 0.1) is 10.8 Å². The number of halogens is 1. The number of carbonyl (C=O) groups excluding carboxylic acids is 1. The molecule has 1 aromatic carbocycles. The number of rotatable bonds is 6. The molecule has 0 bridgehead atoms. The van der Waals surface area contributed by atoms with Crippen molar-refractivity contribution in [1.29, 1.82) is 0 Å². The quantitative estimate of drug-likeness (QED) is 0.472. The zero-order valence-electron chi connectivity index (χ0n) is 12.0. The monoisotopic (exact) mass is 324 g/mol. The van der Waals surface area contributed by atoms with Crippen LogP contribution in [-0.4, -0.2) is 18.2 Å². The predicted molar refractivity (Wildman–Crippen MR) is 90.8 cm³/mol. The van der Waals surface area contributed by atoms with Crippen molar-refractivity contribution in [2.24, 2.45) is 0 Å². The first kappa shape index (κ1) is 16.2. The molecule has 0 aromatic heterocycles. The van der Waals surface area contributed by atoms with Crippen molar-refractivity contribution in [3.63, 3.8) is 0 Å². The van der Waals surface area contributed by atoms with Gasteiger partial charge in [-0.05, 0) is 50.3 Å². The topological polar surface area (TPSA) is 55.1 Å². The molecule has 21 heavy (non-hydrogen) atoms. The van der Waals surface area contributed by atoms with Gasteiger partial charge in [-0.1, -0.05) is 23.3 Å². The van der Waals surface area contributed by atoms with Gasteiger partial charge < -0.3 is 11.1 Å². The van der Waals surface area contributed by atoms with Gasteiger partial charge in [-0.3, -0.25) is 4.79 Å². The largest absolute Gasteiger partial charge is 0.399 e. The highest BCUT2D eigenvalue weighted by atomic mass is 35.5. The summed E-state index contributed by atoms with van der Waals surface area (Å²) in [4.78, 5) is 12.7. The van der Waals surface area contributed by atoms with Gasteiger partial charge in [-0.2, -0.15) is 0 Å². The Morgan fingerprint density at radius 3 is 2.95 bits per heavy atom. The second kappa shape index (κ2) is 8.35. The zero-order valence-corrected chi connectivity index (χ0v) is 13.6. The van der Waals surface area contributed by atoms with E-state index in [2.05, 4.69) is 11.4 Å². The van der Waals surface area contributed by atoms with Gasteiger partial charge in [0.2, 0.25) is 5.91 Å². The molecule has 0 fully saturated rings. The van der Waals surface area contributed by atoms with E-state index in [4.69, 9.17) is 17.3 Å². The van der Waals surface area contributed by atoms with Crippen molar-refractivity contribution in [2.75, 3.05) is 18.0 Å². The normalized spacial score (nSPS) is 14.6. The second-order valence-electron chi connectivity index (χ2n) is 5.19. The maximum absolute atomic E-state index is 11.8. The number of carbonyl (C=O) groups is 1. The van der Waals surface area contributed by atoms with E-state index < -0.39 is 0 Å². The van der Waals surface area contributed by atoms with Crippen LogP contribution in [0, 0.1) is 0 Å². The number of hydrogen-bond acceptors (Lipinski definition) is 3. The van der Waals surface area contributed by atoms with Crippen molar-refractivity contribution < 1.29 is 4.79 Å². The summed E-state index contributed by atoms with van der Waals surface area (Å²) < 4.78 is 0. The van der Waals surface area contributed by atoms with Crippen LogP contribution in [0.25, 0.3) is 0 Å². The van der Waals surface area contributed by atoms with Crippen LogP contribution in [0.4, 0.5) is 5.69 Å². The van der Waals surface area contributed by atoms with E-state index in [0.717, 1.165) is 17.9 Å². The Morgan fingerprint density at radius 1 is 1.38 bits per heavy atom. The third-order valence-corrected chi connectivity index (χ3v) is 4.97. The molecule has 0 unspecified atom stereocenters. The number of thioether (sulfide) groups is 1. The minimum atomic E-state index is 0.0456. The highest BCUT2D eigenvalue weighted by Gasteiger charge is 2.07. The third-order valence-electron chi connectivity index (χ3n) is 3.47. The molecule has 114 valence electrons. The van der Waals surface area contributed by atoms with E-state index in [-0.39, 0.29) is 5.91 Å². The van der Waals surface area contributed by atoms with Crippen LogP contribution in [0.1, 0.15) is 32.1 Å². The van der Waals surface area contributed by atoms with E-state index >= 15 is 0 Å². The van der Waals surface area contributed by atoms with Gasteiger partial charge >= 0.3 is 0 Å². The van der Waals surface area contributed by atoms with Crippen LogP contribution in [0.15, 0.2) is 34.7 Å². The Balaban J connectivity index is 1.68. The predicted octanol–water partition coefficient (Wildman–Crippen LogP) is 4.02. The lowest BCUT2D eigenvalue weighted by Gasteiger charge is -2.13. The van der Waals surface area contributed by atoms with Crippen molar-refractivity contribution in [3.05, 3.63) is 34.9 Å². The van der Waals surface area contributed by atoms with Crippen molar-refractivity contribution in [3.8, 4) is 0 Å². The second-order valence-corrected chi connectivity index (χ2v) is 6.61. The summed E-state index contributed by atoms with van der Waals surface area (Å²) in [5.41, 5.74) is 7.76. The molecule has 3 N–H and O–H groups in total. The molecule has 0 saturated heterocycles. The lowest BCUT2D eigenvalue weighted by molar-refractivity contribution is -0.118. The van der Waals surface area contributed by atoms with E-state index in [0.29, 0.717) is 16.5 Å². The number of nitrogen functional groups attached to an aromatic ring is 1. The van der Waals surface area contributed by atoms with Crippen molar-refractivity contribution in [2.45, 2.75) is 37.0 Å². The molecular formula is C16H21ClN2OS. The molecule has 1 aliphatic rings. The molecule has 1 amide bonds. The molecule has 0 aliphatic heterocycles. The lowest BCUT2D eigenvalue weighted by Crippen LogP contribution is -2.26. The summed E-state index contributed by atoms with van der Waals surface area (Å²) in [6.45, 7) is 0.723. The van der Waals surface area contributed by atoms with Crippen LogP contribution < -0.4 is 11.1 Å². The fourth-order valence-corrected chi connectivity index (χ4v) is 3.43. The summed E-state index contributed by atoms with van der Waals surface area (Å²) in [5.74, 6) is 0.423. The Morgan fingerprint density at radius 2 is 2.24 bits per heavy atom. The Labute approximate surface area is 135 Å². The Bertz CT molecular complexity index is 531.